The van der Waals surface area contributed by atoms with Gasteiger partial charge >= 0.3 is 18.9 Å². The van der Waals surface area contributed by atoms with E-state index in [1.54, 1.807) is 18.2 Å². The summed E-state index contributed by atoms with van der Waals surface area (Å²) in [4.78, 5) is 0. The average Bonchev–Trinajstić information content (AvgIpc) is 2.24. The largest absolute Gasteiger partial charge is 1.00 e. The van der Waals surface area contributed by atoms with E-state index in [0.29, 0.717) is 10.6 Å². The molecule has 0 N–H and O–H groups in total. The summed E-state index contributed by atoms with van der Waals surface area (Å²) in [6, 6.07) is 7.78. The van der Waals surface area contributed by atoms with Crippen molar-refractivity contribution in [3.8, 4) is 0 Å². The third-order valence-corrected chi connectivity index (χ3v) is 8.26. The third-order valence-electron chi connectivity index (χ3n) is 3.52. The Morgan fingerprint density at radius 1 is 1.42 bits per heavy atom. The van der Waals surface area contributed by atoms with Crippen molar-refractivity contribution < 1.29 is 27.7 Å². The van der Waals surface area contributed by atoms with Crippen LogP contribution in [0.4, 0.5) is 4.39 Å². The van der Waals surface area contributed by atoms with Crippen LogP contribution in [0.2, 0.25) is 23.2 Å². The Labute approximate surface area is 134 Å². The molecule has 1 aromatic carbocycles. The number of rotatable bonds is 4. The minimum absolute atomic E-state index is 0. The van der Waals surface area contributed by atoms with Crippen molar-refractivity contribution in [1.29, 1.82) is 0 Å². The van der Waals surface area contributed by atoms with Crippen molar-refractivity contribution in [1.82, 2.24) is 0 Å². The van der Waals surface area contributed by atoms with E-state index >= 15 is 0 Å². The van der Waals surface area contributed by atoms with Crippen LogP contribution in [0.1, 0.15) is 32.5 Å². The van der Waals surface area contributed by atoms with Gasteiger partial charge in [-0.15, -0.1) is 23.2 Å². The molecule has 0 heterocycles. The molecule has 0 aliphatic rings. The summed E-state index contributed by atoms with van der Waals surface area (Å²) in [5.74, 6) is 0. The monoisotopic (exact) mass is 294 g/mol. The average molecular weight is 295 g/mol. The molecule has 0 bridgehead atoms. The van der Waals surface area contributed by atoms with E-state index in [-0.39, 0.29) is 30.5 Å². The van der Waals surface area contributed by atoms with E-state index in [2.05, 4.69) is 39.9 Å². The van der Waals surface area contributed by atoms with Gasteiger partial charge in [0.1, 0.15) is 6.17 Å². The van der Waals surface area contributed by atoms with E-state index in [1.807, 2.05) is 0 Å². The Bertz CT molecular complexity index is 407. The molecule has 0 aromatic heterocycles. The molecule has 1 nitrogen and oxygen atoms in total. The molecule has 0 saturated heterocycles. The van der Waals surface area contributed by atoms with Crippen LogP contribution < -0.4 is 18.9 Å². The maximum atomic E-state index is 14.0. The standard InChI is InChI=1S/C14H21ClFOSi.Li/c1-14(2,3)18(4,5)17-10-13(16)11-7-6-8-12(15)9-11;/h6,8-9,13H,10H2,1-5H3;/q-1;+1. The van der Waals surface area contributed by atoms with Gasteiger partial charge in [0, 0.05) is 0 Å². The molecular formula is C14H21ClFLiOSi. The molecule has 1 aromatic rings. The van der Waals surface area contributed by atoms with Crippen LogP contribution in [0.3, 0.4) is 0 Å². The first-order valence-electron chi connectivity index (χ1n) is 6.08. The second kappa shape index (κ2) is 7.29. The molecule has 19 heavy (non-hydrogen) atoms. The van der Waals surface area contributed by atoms with Crippen LogP contribution in [0.25, 0.3) is 0 Å². The first-order valence-corrected chi connectivity index (χ1v) is 9.37. The van der Waals surface area contributed by atoms with Gasteiger partial charge in [0.05, 0.1) is 6.61 Å². The maximum Gasteiger partial charge on any atom is 1.00 e. The van der Waals surface area contributed by atoms with Crippen molar-refractivity contribution in [2.24, 2.45) is 0 Å². The summed E-state index contributed by atoms with van der Waals surface area (Å²) in [6.45, 7) is 10.7. The van der Waals surface area contributed by atoms with E-state index in [9.17, 15) is 4.39 Å². The molecule has 0 radical (unpaired) electrons. The minimum atomic E-state index is -1.90. The zero-order valence-electron chi connectivity index (χ0n) is 12.7. The number of hydrogen-bond donors (Lipinski definition) is 0. The van der Waals surface area contributed by atoms with Gasteiger partial charge < -0.3 is 4.43 Å². The van der Waals surface area contributed by atoms with Crippen molar-refractivity contribution in [2.45, 2.75) is 45.1 Å². The van der Waals surface area contributed by atoms with Gasteiger partial charge in [0.15, 0.2) is 8.32 Å². The number of hydrogen-bond acceptors (Lipinski definition) is 1. The molecule has 102 valence electrons. The quantitative estimate of drug-likeness (QED) is 0.611. The Morgan fingerprint density at radius 3 is 2.47 bits per heavy atom. The minimum Gasteiger partial charge on any atom is -0.414 e. The maximum absolute atomic E-state index is 14.0. The molecule has 1 unspecified atom stereocenters. The molecule has 1 rings (SSSR count). The molecule has 0 aliphatic carbocycles. The van der Waals surface area contributed by atoms with Gasteiger partial charge in [-0.05, 0) is 18.1 Å². The summed E-state index contributed by atoms with van der Waals surface area (Å²) in [5.41, 5.74) is 0.459. The summed E-state index contributed by atoms with van der Waals surface area (Å²) < 4.78 is 19.9. The molecular weight excluding hydrogens is 274 g/mol. The van der Waals surface area contributed by atoms with Gasteiger partial charge in [-0.25, -0.2) is 4.39 Å². The number of alkyl halides is 1. The molecule has 0 spiro atoms. The van der Waals surface area contributed by atoms with Crippen molar-refractivity contribution >= 4 is 19.9 Å². The fraction of sp³-hybridized carbons (Fsp3) is 0.571. The molecule has 0 fully saturated rings. The fourth-order valence-corrected chi connectivity index (χ4v) is 2.40. The molecule has 5 heteroatoms. The summed E-state index contributed by atoms with van der Waals surface area (Å²) in [7, 11) is -1.90. The van der Waals surface area contributed by atoms with E-state index in [0.717, 1.165) is 0 Å². The van der Waals surface area contributed by atoms with Gasteiger partial charge in [-0.3, -0.25) is 0 Å². The molecule has 0 saturated carbocycles. The van der Waals surface area contributed by atoms with E-state index < -0.39 is 14.5 Å². The zero-order valence-corrected chi connectivity index (χ0v) is 14.4. The molecule has 0 amide bonds. The second-order valence-electron chi connectivity index (χ2n) is 6.00. The van der Waals surface area contributed by atoms with Crippen molar-refractivity contribution in [2.75, 3.05) is 6.61 Å². The summed E-state index contributed by atoms with van der Waals surface area (Å²) in [5, 5.41) is 0.615. The van der Waals surface area contributed by atoms with Crippen LogP contribution in [-0.4, -0.2) is 14.9 Å². The predicted octanol–water partition coefficient (Wildman–Crippen LogP) is 2.18. The number of benzene rings is 1. The molecule has 0 aliphatic heterocycles. The Morgan fingerprint density at radius 2 is 2.00 bits per heavy atom. The Kier molecular flexibility index (Phi) is 7.37. The van der Waals surface area contributed by atoms with Crippen LogP contribution in [0, 0.1) is 6.07 Å². The predicted molar refractivity (Wildman–Crippen MR) is 77.3 cm³/mol. The van der Waals surface area contributed by atoms with Crippen LogP contribution in [0.5, 0.6) is 0 Å². The third kappa shape index (κ3) is 5.61. The SMILES string of the molecule is CC(C)(C)[Si](C)(C)OCC(F)c1[c-]ccc(Cl)c1.[Li+]. The normalized spacial score (nSPS) is 13.8. The Hall–Kier alpha value is 0.214. The van der Waals surface area contributed by atoms with Crippen LogP contribution in [0.15, 0.2) is 18.2 Å². The van der Waals surface area contributed by atoms with Crippen molar-refractivity contribution in [3.63, 3.8) is 0 Å². The van der Waals surface area contributed by atoms with E-state index in [1.165, 1.54) is 0 Å². The van der Waals surface area contributed by atoms with Gasteiger partial charge in [0.25, 0.3) is 0 Å². The molecule has 1 atom stereocenters. The topological polar surface area (TPSA) is 9.23 Å². The van der Waals surface area contributed by atoms with Crippen LogP contribution in [-0.2, 0) is 4.43 Å². The smallest absolute Gasteiger partial charge is 0.414 e. The second-order valence-corrected chi connectivity index (χ2v) is 11.2. The van der Waals surface area contributed by atoms with Crippen molar-refractivity contribution in [3.05, 3.63) is 34.9 Å². The fourth-order valence-electron chi connectivity index (χ4n) is 1.22. The summed E-state index contributed by atoms with van der Waals surface area (Å²) >= 11 is 5.83. The zero-order chi connectivity index (χ0) is 14.0. The van der Waals surface area contributed by atoms with Gasteiger partial charge in [-0.1, -0.05) is 25.8 Å². The van der Waals surface area contributed by atoms with Gasteiger partial charge in [0.2, 0.25) is 0 Å². The Balaban J connectivity index is 0.00000324. The van der Waals surface area contributed by atoms with Crippen LogP contribution >= 0.6 is 11.6 Å². The first kappa shape index (κ1) is 19.2. The first-order chi connectivity index (χ1) is 8.13. The summed E-state index contributed by atoms with van der Waals surface area (Å²) in [6.07, 6.45) is -1.17. The van der Waals surface area contributed by atoms with Gasteiger partial charge in [-0.2, -0.15) is 18.2 Å². The van der Waals surface area contributed by atoms with E-state index in [4.69, 9.17) is 16.0 Å². The number of halogens is 2.